The van der Waals surface area contributed by atoms with E-state index in [9.17, 15) is 10.1 Å². The van der Waals surface area contributed by atoms with Crippen LogP contribution in [0.4, 0.5) is 0 Å². The topological polar surface area (TPSA) is 93.2 Å². The second-order valence-electron chi connectivity index (χ2n) is 6.62. The molecular weight excluding hydrogens is 366 g/mol. The van der Waals surface area contributed by atoms with Crippen LogP contribution in [0.25, 0.3) is 16.9 Å². The van der Waals surface area contributed by atoms with Crippen molar-refractivity contribution in [3.8, 4) is 17.2 Å². The van der Waals surface area contributed by atoms with Gasteiger partial charge < -0.3 is 4.74 Å². The standard InChI is InChI=1S/C22H17N5O2/c1-14-11-15(2)27-22(24-14)25-20(26-27)21(28)29-13-16-7-9-17(10-8-16)19-6-4-3-5-18(19)12-23/h3-11H,13H2,1-2H3. The van der Waals surface area contributed by atoms with Crippen LogP contribution in [0.3, 0.4) is 0 Å². The average molecular weight is 383 g/mol. The molecule has 0 bridgehead atoms. The van der Waals surface area contributed by atoms with Crippen LogP contribution in [-0.2, 0) is 11.3 Å². The quantitative estimate of drug-likeness (QED) is 0.500. The van der Waals surface area contributed by atoms with E-state index in [1.807, 2.05) is 62.4 Å². The minimum Gasteiger partial charge on any atom is -0.455 e. The van der Waals surface area contributed by atoms with Crippen molar-refractivity contribution in [1.29, 1.82) is 5.26 Å². The van der Waals surface area contributed by atoms with E-state index in [1.165, 1.54) is 4.52 Å². The maximum Gasteiger partial charge on any atom is 0.378 e. The Labute approximate surface area is 167 Å². The van der Waals surface area contributed by atoms with Crippen LogP contribution in [0.1, 0.15) is 33.1 Å². The lowest BCUT2D eigenvalue weighted by atomic mass is 9.99. The minimum absolute atomic E-state index is 0.0224. The number of hydrogen-bond donors (Lipinski definition) is 0. The molecule has 0 saturated heterocycles. The van der Waals surface area contributed by atoms with Gasteiger partial charge in [-0.1, -0.05) is 42.5 Å². The molecular formula is C22H17N5O2. The van der Waals surface area contributed by atoms with Gasteiger partial charge in [0.05, 0.1) is 11.6 Å². The first-order valence-electron chi connectivity index (χ1n) is 9.02. The number of aromatic nitrogens is 4. The second-order valence-corrected chi connectivity index (χ2v) is 6.62. The number of nitriles is 1. The monoisotopic (exact) mass is 383 g/mol. The molecule has 29 heavy (non-hydrogen) atoms. The summed E-state index contributed by atoms with van der Waals surface area (Å²) in [7, 11) is 0. The van der Waals surface area contributed by atoms with Gasteiger partial charge in [-0.2, -0.15) is 10.2 Å². The van der Waals surface area contributed by atoms with Gasteiger partial charge in [0.2, 0.25) is 0 Å². The second kappa shape index (κ2) is 7.52. The Morgan fingerprint density at radius 2 is 1.86 bits per heavy atom. The molecule has 142 valence electrons. The molecule has 7 heteroatoms. The molecule has 0 atom stereocenters. The molecule has 4 rings (SSSR count). The first-order chi connectivity index (χ1) is 14.0. The van der Waals surface area contributed by atoms with E-state index >= 15 is 0 Å². The summed E-state index contributed by atoms with van der Waals surface area (Å²) in [4.78, 5) is 20.8. The zero-order valence-electron chi connectivity index (χ0n) is 16.0. The highest BCUT2D eigenvalue weighted by molar-refractivity contribution is 5.85. The zero-order valence-corrected chi connectivity index (χ0v) is 16.0. The highest BCUT2D eigenvalue weighted by Gasteiger charge is 2.16. The molecule has 4 aromatic rings. The predicted octanol–water partition coefficient (Wildman–Crippen LogP) is 3.64. The van der Waals surface area contributed by atoms with E-state index in [4.69, 9.17) is 4.74 Å². The zero-order chi connectivity index (χ0) is 20.4. The van der Waals surface area contributed by atoms with Gasteiger partial charge in [0.25, 0.3) is 11.6 Å². The summed E-state index contributed by atoms with van der Waals surface area (Å²) >= 11 is 0. The first-order valence-corrected chi connectivity index (χ1v) is 9.02. The summed E-state index contributed by atoms with van der Waals surface area (Å²) in [6.45, 7) is 3.83. The fourth-order valence-corrected chi connectivity index (χ4v) is 3.08. The molecule has 0 aliphatic carbocycles. The molecule has 2 heterocycles. The molecule has 7 nitrogen and oxygen atoms in total. The molecule has 0 N–H and O–H groups in total. The number of carbonyl (C=O) groups is 1. The van der Waals surface area contributed by atoms with E-state index in [0.717, 1.165) is 28.1 Å². The molecule has 0 amide bonds. The van der Waals surface area contributed by atoms with E-state index in [2.05, 4.69) is 21.1 Å². The number of nitrogens with zero attached hydrogens (tertiary/aromatic N) is 5. The van der Waals surface area contributed by atoms with Crippen molar-refractivity contribution in [2.75, 3.05) is 0 Å². The number of aryl methyl sites for hydroxylation is 2. The fraction of sp³-hybridized carbons (Fsp3) is 0.136. The van der Waals surface area contributed by atoms with Crippen molar-refractivity contribution in [2.45, 2.75) is 20.5 Å². The Bertz CT molecular complexity index is 1250. The number of carbonyl (C=O) groups excluding carboxylic acids is 1. The Morgan fingerprint density at radius 1 is 1.10 bits per heavy atom. The van der Waals surface area contributed by atoms with Crippen LogP contribution in [0.5, 0.6) is 0 Å². The van der Waals surface area contributed by atoms with Gasteiger partial charge in [0, 0.05) is 11.4 Å². The van der Waals surface area contributed by atoms with Gasteiger partial charge in [0.15, 0.2) is 0 Å². The fourth-order valence-electron chi connectivity index (χ4n) is 3.08. The molecule has 0 fully saturated rings. The number of rotatable bonds is 4. The molecule has 0 unspecified atom stereocenters. The summed E-state index contributed by atoms with van der Waals surface area (Å²) in [5.41, 5.74) is 4.88. The first kappa shape index (κ1) is 18.3. The van der Waals surface area contributed by atoms with E-state index in [-0.39, 0.29) is 12.4 Å². The third-order valence-electron chi connectivity index (χ3n) is 4.48. The van der Waals surface area contributed by atoms with Crippen molar-refractivity contribution >= 4 is 11.7 Å². The van der Waals surface area contributed by atoms with Gasteiger partial charge >= 0.3 is 5.97 Å². The Morgan fingerprint density at radius 3 is 2.62 bits per heavy atom. The largest absolute Gasteiger partial charge is 0.455 e. The predicted molar refractivity (Wildman–Crippen MR) is 106 cm³/mol. The van der Waals surface area contributed by atoms with Crippen LogP contribution in [-0.4, -0.2) is 25.6 Å². The number of benzene rings is 2. The third-order valence-corrected chi connectivity index (χ3v) is 4.48. The van der Waals surface area contributed by atoms with Crippen LogP contribution in [0, 0.1) is 25.2 Å². The summed E-state index contributed by atoms with van der Waals surface area (Å²) < 4.78 is 6.87. The van der Waals surface area contributed by atoms with Crippen molar-refractivity contribution in [3.05, 3.63) is 82.9 Å². The Balaban J connectivity index is 1.47. The molecule has 0 spiro atoms. The lowest BCUT2D eigenvalue weighted by molar-refractivity contribution is 0.0458. The van der Waals surface area contributed by atoms with Crippen molar-refractivity contribution in [3.63, 3.8) is 0 Å². The van der Waals surface area contributed by atoms with Gasteiger partial charge in [-0.15, -0.1) is 5.10 Å². The molecule has 2 aromatic heterocycles. The molecule has 2 aromatic carbocycles. The van der Waals surface area contributed by atoms with E-state index in [1.54, 1.807) is 6.07 Å². The van der Waals surface area contributed by atoms with Gasteiger partial charge in [-0.3, -0.25) is 0 Å². The van der Waals surface area contributed by atoms with Crippen molar-refractivity contribution in [1.82, 2.24) is 19.6 Å². The van der Waals surface area contributed by atoms with Gasteiger partial charge in [-0.05, 0) is 42.7 Å². The van der Waals surface area contributed by atoms with Gasteiger partial charge in [-0.25, -0.2) is 14.3 Å². The van der Waals surface area contributed by atoms with Crippen LogP contribution < -0.4 is 0 Å². The highest BCUT2D eigenvalue weighted by atomic mass is 16.5. The highest BCUT2D eigenvalue weighted by Crippen LogP contribution is 2.23. The van der Waals surface area contributed by atoms with E-state index in [0.29, 0.717) is 11.3 Å². The average Bonchev–Trinajstić information content (AvgIpc) is 3.17. The number of fused-ring (bicyclic) bond motifs is 1. The lowest BCUT2D eigenvalue weighted by Crippen LogP contribution is -2.08. The molecule has 0 saturated carbocycles. The number of ether oxygens (including phenoxy) is 1. The summed E-state index contributed by atoms with van der Waals surface area (Å²) in [5, 5.41) is 13.4. The summed E-state index contributed by atoms with van der Waals surface area (Å²) in [6.07, 6.45) is 0. The molecule has 0 aliphatic rings. The van der Waals surface area contributed by atoms with Crippen LogP contribution in [0.2, 0.25) is 0 Å². The Kier molecular flexibility index (Phi) is 4.75. The van der Waals surface area contributed by atoms with Crippen molar-refractivity contribution < 1.29 is 9.53 Å². The normalized spacial score (nSPS) is 10.7. The summed E-state index contributed by atoms with van der Waals surface area (Å²) in [5.74, 6) is -0.257. The smallest absolute Gasteiger partial charge is 0.378 e. The van der Waals surface area contributed by atoms with Crippen molar-refractivity contribution in [2.24, 2.45) is 0 Å². The maximum atomic E-state index is 12.3. The number of hydrogen-bond acceptors (Lipinski definition) is 6. The van der Waals surface area contributed by atoms with Crippen LogP contribution in [0.15, 0.2) is 54.6 Å². The minimum atomic E-state index is -0.605. The van der Waals surface area contributed by atoms with Crippen LogP contribution >= 0.6 is 0 Å². The molecule has 0 radical (unpaired) electrons. The summed E-state index contributed by atoms with van der Waals surface area (Å²) in [6, 6.07) is 19.0. The number of esters is 1. The maximum absolute atomic E-state index is 12.3. The SMILES string of the molecule is Cc1cc(C)n2nc(C(=O)OCc3ccc(-c4ccccc4C#N)cc3)nc2n1. The molecule has 0 aliphatic heterocycles. The lowest BCUT2D eigenvalue weighted by Gasteiger charge is -2.06. The van der Waals surface area contributed by atoms with E-state index < -0.39 is 5.97 Å². The van der Waals surface area contributed by atoms with Gasteiger partial charge in [0.1, 0.15) is 6.61 Å². The third kappa shape index (κ3) is 3.69. The Hall–Kier alpha value is -4.05.